The van der Waals surface area contributed by atoms with Crippen LogP contribution in [0.2, 0.25) is 0 Å². The molecule has 0 fully saturated rings. The van der Waals surface area contributed by atoms with Gasteiger partial charge in [-0.05, 0) is 30.3 Å². The van der Waals surface area contributed by atoms with Crippen molar-refractivity contribution >= 4 is 28.3 Å². The highest BCUT2D eigenvalue weighted by Gasteiger charge is 2.15. The fourth-order valence-corrected chi connectivity index (χ4v) is 3.18. The summed E-state index contributed by atoms with van der Waals surface area (Å²) in [5.74, 6) is 0.356. The van der Waals surface area contributed by atoms with E-state index in [1.807, 2.05) is 29.1 Å². The highest BCUT2D eigenvalue weighted by Crippen LogP contribution is 2.28. The van der Waals surface area contributed by atoms with Crippen molar-refractivity contribution in [2.24, 2.45) is 0 Å². The van der Waals surface area contributed by atoms with Gasteiger partial charge in [-0.15, -0.1) is 11.3 Å². The third-order valence-electron chi connectivity index (χ3n) is 3.92. The molecule has 146 valence electrons. The first-order valence-corrected chi connectivity index (χ1v) is 9.36. The zero-order valence-corrected chi connectivity index (χ0v) is 16.3. The van der Waals surface area contributed by atoms with Crippen LogP contribution in [0.15, 0.2) is 48.1 Å². The average Bonchev–Trinajstić information content (AvgIpc) is 3.39. The molecule has 0 unspecified atom stereocenters. The number of amides is 2. The van der Waals surface area contributed by atoms with Gasteiger partial charge in [0.25, 0.3) is 11.8 Å². The first-order chi connectivity index (χ1) is 13.6. The second-order valence-electron chi connectivity index (χ2n) is 5.74. The molecule has 2 aromatic heterocycles. The van der Waals surface area contributed by atoms with E-state index < -0.39 is 0 Å². The van der Waals surface area contributed by atoms with Crippen LogP contribution in [-0.2, 0) is 6.54 Å². The van der Waals surface area contributed by atoms with Gasteiger partial charge < -0.3 is 19.4 Å². The molecule has 0 saturated carbocycles. The van der Waals surface area contributed by atoms with Gasteiger partial charge in [0.1, 0.15) is 5.69 Å². The highest BCUT2D eigenvalue weighted by molar-refractivity contribution is 7.14. The number of hydrogen-bond donors (Lipinski definition) is 2. The molecule has 9 heteroatoms. The largest absolute Gasteiger partial charge is 0.493 e. The van der Waals surface area contributed by atoms with E-state index in [1.54, 1.807) is 23.6 Å². The molecule has 0 aliphatic carbocycles. The van der Waals surface area contributed by atoms with Gasteiger partial charge in [0.15, 0.2) is 16.6 Å². The smallest absolute Gasteiger partial charge is 0.270 e. The molecule has 0 spiro atoms. The van der Waals surface area contributed by atoms with Crippen molar-refractivity contribution in [3.05, 3.63) is 59.4 Å². The maximum atomic E-state index is 12.4. The molecular weight excluding hydrogens is 380 g/mol. The van der Waals surface area contributed by atoms with Crippen LogP contribution in [-0.4, -0.2) is 42.1 Å². The number of rotatable bonds is 8. The van der Waals surface area contributed by atoms with Crippen molar-refractivity contribution in [2.45, 2.75) is 6.54 Å². The van der Waals surface area contributed by atoms with Crippen LogP contribution < -0.4 is 20.1 Å². The van der Waals surface area contributed by atoms with E-state index in [-0.39, 0.29) is 17.5 Å². The van der Waals surface area contributed by atoms with Crippen LogP contribution in [0.1, 0.15) is 20.8 Å². The van der Waals surface area contributed by atoms with E-state index >= 15 is 0 Å². The third-order valence-corrected chi connectivity index (χ3v) is 4.68. The molecule has 0 bridgehead atoms. The van der Waals surface area contributed by atoms with Crippen LogP contribution in [0.4, 0.5) is 5.13 Å². The number of hydrogen-bond acceptors (Lipinski definition) is 6. The Kier molecular flexibility index (Phi) is 6.28. The standard InChI is InChI=1S/C19H20N4O4S/c1-26-15-6-5-13(11-16(15)27-2)17(24)22-19-21-14(12-28-19)18(25)20-7-10-23-8-3-4-9-23/h3-6,8-9,11-12H,7,10H2,1-2H3,(H,20,25)(H,21,22,24). The molecule has 0 radical (unpaired) electrons. The number of methoxy groups -OCH3 is 2. The Morgan fingerprint density at radius 1 is 1.11 bits per heavy atom. The molecule has 0 saturated heterocycles. The molecule has 3 aromatic rings. The van der Waals surface area contributed by atoms with Crippen LogP contribution in [0, 0.1) is 0 Å². The molecule has 3 rings (SSSR count). The molecule has 0 aliphatic heterocycles. The molecule has 8 nitrogen and oxygen atoms in total. The van der Waals surface area contributed by atoms with Crippen LogP contribution in [0.3, 0.4) is 0 Å². The second-order valence-corrected chi connectivity index (χ2v) is 6.60. The Bertz CT molecular complexity index is 953. The lowest BCUT2D eigenvalue weighted by atomic mass is 10.2. The van der Waals surface area contributed by atoms with E-state index in [1.165, 1.54) is 25.6 Å². The Morgan fingerprint density at radius 3 is 2.57 bits per heavy atom. The monoisotopic (exact) mass is 400 g/mol. The zero-order valence-electron chi connectivity index (χ0n) is 15.5. The van der Waals surface area contributed by atoms with Crippen molar-refractivity contribution in [1.82, 2.24) is 14.9 Å². The summed E-state index contributed by atoms with van der Waals surface area (Å²) in [5.41, 5.74) is 0.658. The van der Waals surface area contributed by atoms with E-state index in [2.05, 4.69) is 15.6 Å². The lowest BCUT2D eigenvalue weighted by Gasteiger charge is -2.09. The maximum absolute atomic E-state index is 12.4. The Morgan fingerprint density at radius 2 is 1.86 bits per heavy atom. The van der Waals surface area contributed by atoms with Gasteiger partial charge in [-0.2, -0.15) is 0 Å². The summed E-state index contributed by atoms with van der Waals surface area (Å²) in [7, 11) is 3.03. The molecule has 0 aliphatic rings. The Balaban J connectivity index is 1.57. The lowest BCUT2D eigenvalue weighted by molar-refractivity contribution is 0.0946. The molecular formula is C19H20N4O4S. The highest BCUT2D eigenvalue weighted by atomic mass is 32.1. The number of anilines is 1. The van der Waals surface area contributed by atoms with E-state index in [0.717, 1.165) is 0 Å². The molecule has 2 amide bonds. The van der Waals surface area contributed by atoms with Crippen molar-refractivity contribution in [3.8, 4) is 11.5 Å². The average molecular weight is 400 g/mol. The van der Waals surface area contributed by atoms with Crippen molar-refractivity contribution < 1.29 is 19.1 Å². The van der Waals surface area contributed by atoms with E-state index in [9.17, 15) is 9.59 Å². The van der Waals surface area contributed by atoms with Crippen molar-refractivity contribution in [1.29, 1.82) is 0 Å². The molecule has 1 aromatic carbocycles. The molecule has 2 N–H and O–H groups in total. The second kappa shape index (κ2) is 9.05. The maximum Gasteiger partial charge on any atom is 0.270 e. The van der Waals surface area contributed by atoms with E-state index in [0.29, 0.717) is 35.3 Å². The van der Waals surface area contributed by atoms with Gasteiger partial charge in [-0.1, -0.05) is 0 Å². The zero-order chi connectivity index (χ0) is 19.9. The lowest BCUT2D eigenvalue weighted by Crippen LogP contribution is -2.27. The van der Waals surface area contributed by atoms with Gasteiger partial charge >= 0.3 is 0 Å². The van der Waals surface area contributed by atoms with Gasteiger partial charge in [-0.25, -0.2) is 4.98 Å². The predicted molar refractivity (Wildman–Crippen MR) is 106 cm³/mol. The van der Waals surface area contributed by atoms with E-state index in [4.69, 9.17) is 9.47 Å². The summed E-state index contributed by atoms with van der Waals surface area (Å²) in [6.45, 7) is 1.16. The summed E-state index contributed by atoms with van der Waals surface area (Å²) in [6.07, 6.45) is 3.85. The number of nitrogens with one attached hydrogen (secondary N) is 2. The summed E-state index contributed by atoms with van der Waals surface area (Å²) in [5, 5.41) is 7.44. The first-order valence-electron chi connectivity index (χ1n) is 8.48. The SMILES string of the molecule is COc1ccc(C(=O)Nc2nc(C(=O)NCCn3cccc3)cs2)cc1OC. The first kappa shape index (κ1) is 19.4. The number of aromatic nitrogens is 2. The van der Waals surface area contributed by atoms with Crippen LogP contribution >= 0.6 is 11.3 Å². The minimum atomic E-state index is -0.352. The summed E-state index contributed by atoms with van der Waals surface area (Å²) in [4.78, 5) is 28.8. The summed E-state index contributed by atoms with van der Waals surface area (Å²) >= 11 is 1.18. The number of benzene rings is 1. The van der Waals surface area contributed by atoms with Gasteiger partial charge in [-0.3, -0.25) is 14.9 Å². The normalized spacial score (nSPS) is 10.4. The minimum absolute atomic E-state index is 0.264. The van der Waals surface area contributed by atoms with Gasteiger partial charge in [0.05, 0.1) is 14.2 Å². The number of carbonyl (C=O) groups is 2. The van der Waals surface area contributed by atoms with Crippen molar-refractivity contribution in [3.63, 3.8) is 0 Å². The Hall–Kier alpha value is -3.33. The molecule has 0 atom stereocenters. The van der Waals surface area contributed by atoms with Crippen molar-refractivity contribution in [2.75, 3.05) is 26.1 Å². The summed E-state index contributed by atoms with van der Waals surface area (Å²) in [6, 6.07) is 8.71. The predicted octanol–water partition coefficient (Wildman–Crippen LogP) is 2.64. The third kappa shape index (κ3) is 4.68. The number of ether oxygens (including phenoxy) is 2. The quantitative estimate of drug-likeness (QED) is 0.606. The number of carbonyl (C=O) groups excluding carboxylic acids is 2. The fourth-order valence-electron chi connectivity index (χ4n) is 2.49. The Labute approximate surface area is 166 Å². The van der Waals surface area contributed by atoms with Crippen LogP contribution in [0.25, 0.3) is 0 Å². The van der Waals surface area contributed by atoms with Gasteiger partial charge in [0, 0.05) is 36.4 Å². The number of nitrogens with zero attached hydrogens (tertiary/aromatic N) is 2. The minimum Gasteiger partial charge on any atom is -0.493 e. The number of thiazole rings is 1. The molecule has 2 heterocycles. The fraction of sp³-hybridized carbons (Fsp3) is 0.211. The van der Waals surface area contributed by atoms with Gasteiger partial charge in [0.2, 0.25) is 0 Å². The van der Waals surface area contributed by atoms with Crippen LogP contribution in [0.5, 0.6) is 11.5 Å². The molecule has 28 heavy (non-hydrogen) atoms. The summed E-state index contributed by atoms with van der Waals surface area (Å²) < 4.78 is 12.3. The topological polar surface area (TPSA) is 94.5 Å².